The molecule has 3 aromatic rings. The summed E-state index contributed by atoms with van der Waals surface area (Å²) in [6.45, 7) is 4.37. The molecule has 1 aliphatic rings. The van der Waals surface area contributed by atoms with Crippen LogP contribution in [0.5, 0.6) is 11.5 Å². The molecule has 32 heavy (non-hydrogen) atoms. The monoisotopic (exact) mass is 459 g/mol. The van der Waals surface area contributed by atoms with E-state index in [1.54, 1.807) is 31.2 Å². The van der Waals surface area contributed by atoms with Crippen LogP contribution in [0.1, 0.15) is 26.2 Å². The molecule has 0 spiro atoms. The van der Waals surface area contributed by atoms with Gasteiger partial charge in [-0.15, -0.1) is 0 Å². The van der Waals surface area contributed by atoms with Crippen molar-refractivity contribution in [1.82, 2.24) is 4.90 Å². The Morgan fingerprint density at radius 2 is 1.88 bits per heavy atom. The second-order valence-electron chi connectivity index (χ2n) is 7.42. The maximum Gasteiger partial charge on any atom is 0.513 e. The maximum atomic E-state index is 12.5. The second-order valence-corrected chi connectivity index (χ2v) is 7.83. The van der Waals surface area contributed by atoms with Crippen LogP contribution in [0.25, 0.3) is 22.3 Å². The van der Waals surface area contributed by atoms with E-state index in [2.05, 4.69) is 11.9 Å². The van der Waals surface area contributed by atoms with E-state index in [-0.39, 0.29) is 34.8 Å². The molecule has 1 aromatic heterocycles. The molecular weight excluding hydrogens is 434 g/mol. The van der Waals surface area contributed by atoms with Crippen LogP contribution in [-0.2, 0) is 4.74 Å². The van der Waals surface area contributed by atoms with E-state index in [4.69, 9.17) is 25.5 Å². The summed E-state index contributed by atoms with van der Waals surface area (Å²) < 4.78 is 15.4. The smallest absolute Gasteiger partial charge is 0.508 e. The van der Waals surface area contributed by atoms with E-state index in [0.717, 1.165) is 6.07 Å². The third-order valence-corrected chi connectivity index (χ3v) is 5.28. The SMILES string of the molecule is CCOC(=O)Oc1cc(O)cc2oc(-c3ccccc3Cl)cc(=O)c12.CN1CCCCC1. The number of fused-ring (bicyclic) bond motifs is 1. The Morgan fingerprint density at radius 1 is 1.16 bits per heavy atom. The van der Waals surface area contributed by atoms with Gasteiger partial charge in [0, 0.05) is 23.8 Å². The van der Waals surface area contributed by atoms with Crippen molar-refractivity contribution in [2.24, 2.45) is 0 Å². The molecule has 0 amide bonds. The van der Waals surface area contributed by atoms with Crippen molar-refractivity contribution in [3.63, 3.8) is 0 Å². The number of hydrogen-bond donors (Lipinski definition) is 1. The van der Waals surface area contributed by atoms with E-state index in [0.29, 0.717) is 10.6 Å². The van der Waals surface area contributed by atoms with Crippen LogP contribution in [-0.4, -0.2) is 42.9 Å². The molecule has 8 heteroatoms. The Balaban J connectivity index is 0.000000352. The molecule has 170 valence electrons. The lowest BCUT2D eigenvalue weighted by atomic mass is 10.1. The standard InChI is InChI=1S/C18H13ClO6.C6H13N/c1-2-23-18(22)25-16-8-10(20)7-15-17(16)13(21)9-14(24-15)11-5-3-4-6-12(11)19;1-7-5-3-2-4-6-7/h3-9,20H,2H2,1H3;2-6H2,1H3. The molecule has 4 rings (SSSR count). The number of rotatable bonds is 3. The summed E-state index contributed by atoms with van der Waals surface area (Å²) >= 11 is 6.13. The maximum absolute atomic E-state index is 12.5. The van der Waals surface area contributed by atoms with Gasteiger partial charge in [-0.2, -0.15) is 0 Å². The van der Waals surface area contributed by atoms with Crippen LogP contribution >= 0.6 is 11.6 Å². The van der Waals surface area contributed by atoms with Gasteiger partial charge in [0.05, 0.1) is 11.6 Å². The zero-order valence-corrected chi connectivity index (χ0v) is 18.9. The molecule has 1 aliphatic heterocycles. The van der Waals surface area contributed by atoms with Gasteiger partial charge < -0.3 is 23.9 Å². The number of benzene rings is 2. The van der Waals surface area contributed by atoms with E-state index in [9.17, 15) is 14.7 Å². The Kier molecular flexibility index (Phi) is 8.14. The van der Waals surface area contributed by atoms with Crippen LogP contribution < -0.4 is 10.2 Å². The zero-order valence-electron chi connectivity index (χ0n) is 18.1. The Bertz CT molecular complexity index is 1140. The fourth-order valence-corrected chi connectivity index (χ4v) is 3.63. The minimum absolute atomic E-state index is 0.0154. The van der Waals surface area contributed by atoms with Gasteiger partial charge in [-0.3, -0.25) is 4.79 Å². The fourth-order valence-electron chi connectivity index (χ4n) is 3.40. The van der Waals surface area contributed by atoms with E-state index in [1.807, 2.05) is 0 Å². The summed E-state index contributed by atoms with van der Waals surface area (Å²) in [5.41, 5.74) is 0.136. The number of aromatic hydroxyl groups is 1. The number of phenolic OH excluding ortho intramolecular Hbond substituents is 1. The Morgan fingerprint density at radius 3 is 2.50 bits per heavy atom. The largest absolute Gasteiger partial charge is 0.513 e. The normalized spacial score (nSPS) is 13.8. The first kappa shape index (κ1) is 23.6. The lowest BCUT2D eigenvalue weighted by Gasteiger charge is -2.20. The summed E-state index contributed by atoms with van der Waals surface area (Å²) in [5.74, 6) is -0.144. The van der Waals surface area contributed by atoms with Crippen LogP contribution in [0.3, 0.4) is 0 Å². The molecule has 1 fully saturated rings. The summed E-state index contributed by atoms with van der Waals surface area (Å²) in [7, 11) is 2.19. The first-order valence-corrected chi connectivity index (χ1v) is 10.9. The lowest BCUT2D eigenvalue weighted by molar-refractivity contribution is 0.105. The van der Waals surface area contributed by atoms with Crippen molar-refractivity contribution >= 4 is 28.7 Å². The Labute approximate surface area is 191 Å². The van der Waals surface area contributed by atoms with Crippen molar-refractivity contribution in [1.29, 1.82) is 0 Å². The van der Waals surface area contributed by atoms with Crippen LogP contribution in [0.15, 0.2) is 51.7 Å². The molecule has 0 bridgehead atoms. The number of hydrogen-bond acceptors (Lipinski definition) is 7. The van der Waals surface area contributed by atoms with Crippen LogP contribution in [0, 0.1) is 0 Å². The third-order valence-electron chi connectivity index (χ3n) is 4.95. The number of carbonyl (C=O) groups is 1. The molecule has 0 saturated carbocycles. The summed E-state index contributed by atoms with van der Waals surface area (Å²) in [4.78, 5) is 26.5. The molecule has 0 aliphatic carbocycles. The molecule has 0 radical (unpaired) electrons. The van der Waals surface area contributed by atoms with E-state index < -0.39 is 11.6 Å². The van der Waals surface area contributed by atoms with Gasteiger partial charge in [0.1, 0.15) is 22.5 Å². The Hall–Kier alpha value is -3.03. The average molecular weight is 460 g/mol. The van der Waals surface area contributed by atoms with Gasteiger partial charge in [0.2, 0.25) is 0 Å². The van der Waals surface area contributed by atoms with Gasteiger partial charge >= 0.3 is 6.16 Å². The van der Waals surface area contributed by atoms with Gasteiger partial charge in [0.15, 0.2) is 11.2 Å². The second kappa shape index (κ2) is 11.0. The molecular formula is C24H26ClNO6. The highest BCUT2D eigenvalue weighted by Crippen LogP contribution is 2.33. The predicted molar refractivity (Wildman–Crippen MR) is 124 cm³/mol. The van der Waals surface area contributed by atoms with E-state index in [1.165, 1.54) is 44.5 Å². The van der Waals surface area contributed by atoms with Gasteiger partial charge in [0.25, 0.3) is 0 Å². The summed E-state index contributed by atoms with van der Waals surface area (Å²) in [5, 5.41) is 10.3. The number of phenols is 1. The summed E-state index contributed by atoms with van der Waals surface area (Å²) in [6.07, 6.45) is 3.29. The van der Waals surface area contributed by atoms with Gasteiger partial charge in [-0.05, 0) is 52.0 Å². The fraction of sp³-hybridized carbons (Fsp3) is 0.333. The molecule has 2 aromatic carbocycles. The lowest BCUT2D eigenvalue weighted by Crippen LogP contribution is -2.24. The highest BCUT2D eigenvalue weighted by molar-refractivity contribution is 6.33. The topological polar surface area (TPSA) is 89.2 Å². The van der Waals surface area contributed by atoms with Gasteiger partial charge in [-0.1, -0.05) is 30.2 Å². The molecule has 1 saturated heterocycles. The average Bonchev–Trinajstić information content (AvgIpc) is 2.74. The number of ether oxygens (including phenoxy) is 2. The minimum atomic E-state index is -0.982. The number of nitrogens with zero attached hydrogens (tertiary/aromatic N) is 1. The molecule has 1 N–H and O–H groups in total. The first-order valence-electron chi connectivity index (χ1n) is 10.5. The number of likely N-dealkylation sites (tertiary alicyclic amines) is 1. The first-order chi connectivity index (χ1) is 15.4. The molecule has 2 heterocycles. The van der Waals surface area contributed by atoms with Crippen molar-refractivity contribution in [2.45, 2.75) is 26.2 Å². The van der Waals surface area contributed by atoms with Crippen molar-refractivity contribution in [3.8, 4) is 22.8 Å². The summed E-state index contributed by atoms with van der Waals surface area (Å²) in [6, 6.07) is 10.5. The van der Waals surface area contributed by atoms with Crippen molar-refractivity contribution < 1.29 is 23.8 Å². The molecule has 7 nitrogen and oxygen atoms in total. The van der Waals surface area contributed by atoms with Crippen molar-refractivity contribution in [3.05, 3.63) is 57.7 Å². The number of halogens is 1. The van der Waals surface area contributed by atoms with Crippen LogP contribution in [0.2, 0.25) is 5.02 Å². The predicted octanol–water partition coefficient (Wildman–Crippen LogP) is 5.46. The van der Waals surface area contributed by atoms with Gasteiger partial charge in [-0.25, -0.2) is 4.79 Å². The quantitative estimate of drug-likeness (QED) is 0.411. The van der Waals surface area contributed by atoms with Crippen LogP contribution in [0.4, 0.5) is 4.79 Å². The molecule has 0 atom stereocenters. The minimum Gasteiger partial charge on any atom is -0.508 e. The van der Waals surface area contributed by atoms with E-state index >= 15 is 0 Å². The highest BCUT2D eigenvalue weighted by Gasteiger charge is 2.17. The number of carbonyl (C=O) groups excluding carboxylic acids is 1. The highest BCUT2D eigenvalue weighted by atomic mass is 35.5. The zero-order chi connectivity index (χ0) is 23.1. The van der Waals surface area contributed by atoms with Crippen molar-refractivity contribution in [2.75, 3.05) is 26.7 Å². The number of piperidine rings is 1. The molecule has 0 unspecified atom stereocenters. The third kappa shape index (κ3) is 6.02.